The molecule has 1 rings (SSSR count). The molecule has 0 unspecified atom stereocenters. The number of halogens is 1. The van der Waals surface area contributed by atoms with Crippen molar-refractivity contribution in [2.75, 3.05) is 13.2 Å². The van der Waals surface area contributed by atoms with Gasteiger partial charge in [0.15, 0.2) is 0 Å². The fourth-order valence-corrected chi connectivity index (χ4v) is 1.72. The van der Waals surface area contributed by atoms with Crippen LogP contribution in [0.4, 0.5) is 0 Å². The molecule has 1 aromatic heterocycles. The van der Waals surface area contributed by atoms with Gasteiger partial charge in [-0.15, -0.1) is 11.3 Å². The van der Waals surface area contributed by atoms with Crippen LogP contribution in [0.25, 0.3) is 0 Å². The van der Waals surface area contributed by atoms with E-state index in [4.69, 9.17) is 21.5 Å². The van der Waals surface area contributed by atoms with E-state index in [1.165, 1.54) is 11.3 Å². The number of rotatable bonds is 4. The lowest BCUT2D eigenvalue weighted by atomic mass is 10.3. The van der Waals surface area contributed by atoms with E-state index >= 15 is 0 Å². The van der Waals surface area contributed by atoms with Gasteiger partial charge in [0.1, 0.15) is 6.61 Å². The van der Waals surface area contributed by atoms with Crippen LogP contribution in [0.1, 0.15) is 11.8 Å². The molecule has 0 spiro atoms. The number of nitrogens with zero attached hydrogens (tertiary/aromatic N) is 1. The van der Waals surface area contributed by atoms with Crippen molar-refractivity contribution in [2.45, 2.75) is 6.92 Å². The van der Waals surface area contributed by atoms with Crippen LogP contribution in [-0.2, 0) is 4.84 Å². The summed E-state index contributed by atoms with van der Waals surface area (Å²) in [5, 5.41) is 12.2. The summed E-state index contributed by atoms with van der Waals surface area (Å²) in [4.78, 5) is 5.78. The molecule has 1 aromatic rings. The number of hydrogen-bond donors (Lipinski definition) is 1. The topological polar surface area (TPSA) is 41.8 Å². The maximum absolute atomic E-state index is 8.44. The zero-order chi connectivity index (χ0) is 9.68. The Morgan fingerprint density at radius 1 is 1.69 bits per heavy atom. The van der Waals surface area contributed by atoms with Gasteiger partial charge in [-0.1, -0.05) is 16.8 Å². The van der Waals surface area contributed by atoms with Crippen LogP contribution >= 0.6 is 22.9 Å². The first-order valence-corrected chi connectivity index (χ1v) is 4.96. The molecule has 0 amide bonds. The Labute approximate surface area is 85.6 Å². The highest BCUT2D eigenvalue weighted by Gasteiger charge is 2.01. The molecule has 3 nitrogen and oxygen atoms in total. The van der Waals surface area contributed by atoms with Gasteiger partial charge in [-0.2, -0.15) is 0 Å². The smallest absolute Gasteiger partial charge is 0.140 e. The summed E-state index contributed by atoms with van der Waals surface area (Å²) in [7, 11) is 0. The molecule has 0 saturated heterocycles. The molecule has 0 aliphatic heterocycles. The highest BCUT2D eigenvalue weighted by Crippen LogP contribution is 2.21. The van der Waals surface area contributed by atoms with E-state index in [0.717, 1.165) is 14.9 Å². The average molecular weight is 220 g/mol. The maximum Gasteiger partial charge on any atom is 0.140 e. The van der Waals surface area contributed by atoms with Crippen molar-refractivity contribution in [1.29, 1.82) is 0 Å². The Hall–Kier alpha value is -0.580. The van der Waals surface area contributed by atoms with Gasteiger partial charge >= 0.3 is 0 Å². The highest BCUT2D eigenvalue weighted by molar-refractivity contribution is 7.18. The molecule has 0 fully saturated rings. The fraction of sp³-hybridized carbons (Fsp3) is 0.375. The molecule has 0 atom stereocenters. The summed E-state index contributed by atoms with van der Waals surface area (Å²) in [6.07, 6.45) is 0. The van der Waals surface area contributed by atoms with E-state index in [2.05, 4.69) is 5.16 Å². The lowest BCUT2D eigenvalue weighted by Gasteiger charge is -1.96. The molecule has 0 aromatic carbocycles. The number of oxime groups is 1. The van der Waals surface area contributed by atoms with Gasteiger partial charge in [-0.05, 0) is 19.1 Å². The molecule has 5 heteroatoms. The Morgan fingerprint density at radius 3 is 3.00 bits per heavy atom. The van der Waals surface area contributed by atoms with Crippen LogP contribution in [0.5, 0.6) is 0 Å². The third kappa shape index (κ3) is 3.34. The van der Waals surface area contributed by atoms with Crippen molar-refractivity contribution in [3.8, 4) is 0 Å². The van der Waals surface area contributed by atoms with Crippen LogP contribution in [0.2, 0.25) is 4.34 Å². The predicted molar refractivity (Wildman–Crippen MR) is 54.6 cm³/mol. The van der Waals surface area contributed by atoms with Gasteiger partial charge in [0, 0.05) is 0 Å². The second-order valence-corrected chi connectivity index (χ2v) is 4.05. The zero-order valence-corrected chi connectivity index (χ0v) is 8.73. The normalized spacial score (nSPS) is 11.8. The number of hydrogen-bond acceptors (Lipinski definition) is 4. The highest BCUT2D eigenvalue weighted by atomic mass is 35.5. The number of thiophene rings is 1. The van der Waals surface area contributed by atoms with Gasteiger partial charge in [-0.3, -0.25) is 0 Å². The van der Waals surface area contributed by atoms with Crippen molar-refractivity contribution in [3.63, 3.8) is 0 Å². The molecular formula is C8H10ClNO2S. The van der Waals surface area contributed by atoms with E-state index < -0.39 is 0 Å². The summed E-state index contributed by atoms with van der Waals surface area (Å²) in [5.74, 6) is 0. The lowest BCUT2D eigenvalue weighted by molar-refractivity contribution is 0.0987. The fourth-order valence-electron chi connectivity index (χ4n) is 0.737. The van der Waals surface area contributed by atoms with Gasteiger partial charge in [-0.25, -0.2) is 0 Å². The molecule has 13 heavy (non-hydrogen) atoms. The zero-order valence-electron chi connectivity index (χ0n) is 7.16. The first-order chi connectivity index (χ1) is 6.24. The maximum atomic E-state index is 8.44. The van der Waals surface area contributed by atoms with E-state index in [1.54, 1.807) is 0 Å². The molecule has 0 radical (unpaired) electrons. The summed E-state index contributed by atoms with van der Waals surface area (Å²) >= 11 is 7.19. The molecule has 1 heterocycles. The Kier molecular flexibility index (Phi) is 4.21. The number of aliphatic hydroxyl groups excluding tert-OH is 1. The molecule has 0 saturated carbocycles. The molecule has 0 aliphatic rings. The van der Waals surface area contributed by atoms with Gasteiger partial charge in [0.05, 0.1) is 21.5 Å². The van der Waals surface area contributed by atoms with E-state index in [1.807, 2.05) is 19.1 Å². The van der Waals surface area contributed by atoms with E-state index in [-0.39, 0.29) is 13.2 Å². The predicted octanol–water partition coefficient (Wildman–Crippen LogP) is 2.13. The summed E-state index contributed by atoms with van der Waals surface area (Å²) in [5.41, 5.74) is 0.769. The monoisotopic (exact) mass is 219 g/mol. The van der Waals surface area contributed by atoms with Crippen LogP contribution in [0, 0.1) is 0 Å². The quantitative estimate of drug-likeness (QED) is 0.479. The molecule has 1 N–H and O–H groups in total. The second-order valence-electron chi connectivity index (χ2n) is 2.34. The van der Waals surface area contributed by atoms with Crippen LogP contribution in [-0.4, -0.2) is 24.0 Å². The molecular weight excluding hydrogens is 210 g/mol. The summed E-state index contributed by atoms with van der Waals surface area (Å²) < 4.78 is 0.728. The van der Waals surface area contributed by atoms with E-state index in [9.17, 15) is 0 Å². The first-order valence-electron chi connectivity index (χ1n) is 3.77. The standard InChI is InChI=1S/C8H10ClNO2S/c1-6(10-12-5-4-11)7-2-3-8(9)13-7/h2-3,11H,4-5H2,1H3/b10-6-. The number of aliphatic hydroxyl groups is 1. The largest absolute Gasteiger partial charge is 0.393 e. The first kappa shape index (κ1) is 10.5. The van der Waals surface area contributed by atoms with Crippen molar-refractivity contribution < 1.29 is 9.94 Å². The average Bonchev–Trinajstić information content (AvgIpc) is 2.52. The Balaban J connectivity index is 2.56. The van der Waals surface area contributed by atoms with Gasteiger partial charge in [0.2, 0.25) is 0 Å². The van der Waals surface area contributed by atoms with Gasteiger partial charge < -0.3 is 9.94 Å². The Bertz CT molecular complexity index is 298. The molecule has 0 aliphatic carbocycles. The lowest BCUT2D eigenvalue weighted by Crippen LogP contribution is -1.97. The van der Waals surface area contributed by atoms with Crippen LogP contribution < -0.4 is 0 Å². The van der Waals surface area contributed by atoms with Crippen LogP contribution in [0.3, 0.4) is 0 Å². The minimum Gasteiger partial charge on any atom is -0.393 e. The van der Waals surface area contributed by atoms with Gasteiger partial charge in [0.25, 0.3) is 0 Å². The van der Waals surface area contributed by atoms with Crippen LogP contribution in [0.15, 0.2) is 17.3 Å². The Morgan fingerprint density at radius 2 is 2.46 bits per heavy atom. The van der Waals surface area contributed by atoms with Crippen molar-refractivity contribution in [1.82, 2.24) is 0 Å². The minimum atomic E-state index is -0.0258. The second kappa shape index (κ2) is 5.21. The SMILES string of the molecule is C/C(=N/OCCO)c1ccc(Cl)s1. The van der Waals surface area contributed by atoms with Crippen molar-refractivity contribution >= 4 is 28.6 Å². The summed E-state index contributed by atoms with van der Waals surface area (Å²) in [6.45, 7) is 2.03. The molecule has 0 bridgehead atoms. The third-order valence-electron chi connectivity index (χ3n) is 1.31. The molecule has 72 valence electrons. The third-order valence-corrected chi connectivity index (χ3v) is 2.65. The van der Waals surface area contributed by atoms with E-state index in [0.29, 0.717) is 0 Å². The van der Waals surface area contributed by atoms with Crippen molar-refractivity contribution in [3.05, 3.63) is 21.3 Å². The van der Waals surface area contributed by atoms with Crippen molar-refractivity contribution in [2.24, 2.45) is 5.16 Å². The minimum absolute atomic E-state index is 0.0258. The summed E-state index contributed by atoms with van der Waals surface area (Å²) in [6, 6.07) is 3.70.